The molecule has 0 aliphatic rings. The zero-order valence-corrected chi connectivity index (χ0v) is 14.6. The lowest BCUT2D eigenvalue weighted by Crippen LogP contribution is -2.40. The Morgan fingerprint density at radius 1 is 1.26 bits per heavy atom. The summed E-state index contributed by atoms with van der Waals surface area (Å²) >= 11 is 0. The molecule has 0 saturated heterocycles. The number of phenols is 1. The summed E-state index contributed by atoms with van der Waals surface area (Å²) in [6.07, 6.45) is -4.89. The average molecular weight is 351 g/mol. The molecular formula is C14H20F3NO4Si. The lowest BCUT2D eigenvalue weighted by molar-refractivity contribution is -0.386. The first-order valence-electron chi connectivity index (χ1n) is 6.88. The Balaban J connectivity index is 3.23. The van der Waals surface area contributed by atoms with Crippen molar-refractivity contribution in [1.29, 1.82) is 0 Å². The van der Waals surface area contributed by atoms with E-state index in [1.807, 2.05) is 33.9 Å². The minimum Gasteiger partial charge on any atom is -0.502 e. The second-order valence-electron chi connectivity index (χ2n) is 6.81. The molecule has 1 N–H and O–H groups in total. The van der Waals surface area contributed by atoms with Gasteiger partial charge < -0.3 is 9.53 Å². The Morgan fingerprint density at radius 2 is 1.78 bits per heavy atom. The van der Waals surface area contributed by atoms with Crippen LogP contribution in [0.25, 0.3) is 0 Å². The van der Waals surface area contributed by atoms with E-state index < -0.39 is 36.4 Å². The number of nitro benzene ring substituents is 1. The number of nitro groups is 1. The predicted molar refractivity (Wildman–Crippen MR) is 81.7 cm³/mol. The van der Waals surface area contributed by atoms with Gasteiger partial charge in [0.05, 0.1) is 11.5 Å². The smallest absolute Gasteiger partial charge is 0.420 e. The van der Waals surface area contributed by atoms with Crippen molar-refractivity contribution in [2.75, 3.05) is 0 Å². The van der Waals surface area contributed by atoms with Gasteiger partial charge in [0.15, 0.2) is 8.32 Å². The van der Waals surface area contributed by atoms with Crippen molar-refractivity contribution < 1.29 is 27.6 Å². The fourth-order valence-electron chi connectivity index (χ4n) is 1.60. The highest BCUT2D eigenvalue weighted by molar-refractivity contribution is 6.74. The Kier molecular flexibility index (Phi) is 5.17. The molecule has 0 spiro atoms. The molecule has 0 fully saturated rings. The minimum absolute atomic E-state index is 0.00616. The molecule has 0 aliphatic carbocycles. The van der Waals surface area contributed by atoms with Crippen molar-refractivity contribution >= 4 is 14.0 Å². The van der Waals surface area contributed by atoms with E-state index in [0.29, 0.717) is 6.07 Å². The maximum atomic E-state index is 12.9. The summed E-state index contributed by atoms with van der Waals surface area (Å²) < 4.78 is 44.6. The van der Waals surface area contributed by atoms with E-state index in [-0.39, 0.29) is 17.2 Å². The van der Waals surface area contributed by atoms with Gasteiger partial charge in [-0.1, -0.05) is 20.8 Å². The number of nitrogens with zero attached hydrogens (tertiary/aromatic N) is 1. The third-order valence-corrected chi connectivity index (χ3v) is 8.54. The summed E-state index contributed by atoms with van der Waals surface area (Å²) in [5.41, 5.74) is -2.40. The molecule has 1 rings (SSSR count). The molecule has 130 valence electrons. The number of alkyl halides is 3. The number of benzene rings is 1. The first-order chi connectivity index (χ1) is 10.2. The average Bonchev–Trinajstić information content (AvgIpc) is 2.34. The Labute approximate surface area is 133 Å². The monoisotopic (exact) mass is 351 g/mol. The van der Waals surface area contributed by atoms with Gasteiger partial charge in [-0.3, -0.25) is 10.1 Å². The van der Waals surface area contributed by atoms with Crippen molar-refractivity contribution in [3.8, 4) is 5.75 Å². The molecule has 0 saturated carbocycles. The van der Waals surface area contributed by atoms with E-state index in [0.717, 1.165) is 6.07 Å². The molecule has 1 aromatic carbocycles. The standard InChI is InChI=1S/C14H20F3NO4Si/c1-13(2,3)23(4,5)22-8-9-6-10(14(15,16)17)12(19)11(7-9)18(20)21/h6-7,19H,8H2,1-5H3. The molecule has 0 radical (unpaired) electrons. The fourth-order valence-corrected chi connectivity index (χ4v) is 2.56. The predicted octanol–water partition coefficient (Wildman–Crippen LogP) is 4.84. The quantitative estimate of drug-likeness (QED) is 0.478. The van der Waals surface area contributed by atoms with Crippen LogP contribution in [0.4, 0.5) is 18.9 Å². The van der Waals surface area contributed by atoms with Crippen molar-refractivity contribution in [1.82, 2.24) is 0 Å². The second kappa shape index (κ2) is 6.12. The van der Waals surface area contributed by atoms with Crippen LogP contribution in [0, 0.1) is 10.1 Å². The van der Waals surface area contributed by atoms with Crippen molar-refractivity contribution in [3.05, 3.63) is 33.4 Å². The number of rotatable bonds is 4. The number of hydrogen-bond donors (Lipinski definition) is 1. The summed E-state index contributed by atoms with van der Waals surface area (Å²) in [5, 5.41) is 20.2. The van der Waals surface area contributed by atoms with Crippen molar-refractivity contribution in [2.24, 2.45) is 0 Å². The third kappa shape index (κ3) is 4.44. The maximum Gasteiger partial charge on any atom is 0.420 e. The van der Waals surface area contributed by atoms with E-state index in [2.05, 4.69) is 0 Å². The van der Waals surface area contributed by atoms with Crippen LogP contribution in [-0.4, -0.2) is 18.3 Å². The van der Waals surface area contributed by atoms with E-state index >= 15 is 0 Å². The van der Waals surface area contributed by atoms with Crippen LogP contribution in [0.15, 0.2) is 12.1 Å². The van der Waals surface area contributed by atoms with Crippen LogP contribution < -0.4 is 0 Å². The number of aromatic hydroxyl groups is 1. The normalized spacial score (nSPS) is 13.2. The molecule has 1 aromatic rings. The van der Waals surface area contributed by atoms with Crippen LogP contribution in [0.2, 0.25) is 18.1 Å². The van der Waals surface area contributed by atoms with E-state index in [4.69, 9.17) is 4.43 Å². The van der Waals surface area contributed by atoms with Crippen LogP contribution in [0.1, 0.15) is 31.9 Å². The van der Waals surface area contributed by atoms with Gasteiger partial charge in [0.2, 0.25) is 5.75 Å². The van der Waals surface area contributed by atoms with E-state index in [1.54, 1.807) is 0 Å². The number of halogens is 3. The first-order valence-corrected chi connectivity index (χ1v) is 9.79. The highest BCUT2D eigenvalue weighted by Crippen LogP contribution is 2.42. The van der Waals surface area contributed by atoms with Gasteiger partial charge in [0.1, 0.15) is 5.56 Å². The van der Waals surface area contributed by atoms with E-state index in [9.17, 15) is 28.4 Å². The lowest BCUT2D eigenvalue weighted by Gasteiger charge is -2.36. The number of phenolic OH excluding ortho intramolecular Hbond substituents is 1. The first kappa shape index (κ1) is 19.4. The van der Waals surface area contributed by atoms with Crippen molar-refractivity contribution in [3.63, 3.8) is 0 Å². The van der Waals surface area contributed by atoms with Gasteiger partial charge >= 0.3 is 11.9 Å². The fraction of sp³-hybridized carbons (Fsp3) is 0.571. The highest BCUT2D eigenvalue weighted by Gasteiger charge is 2.39. The van der Waals surface area contributed by atoms with Crippen molar-refractivity contribution in [2.45, 2.75) is 51.7 Å². The lowest BCUT2D eigenvalue weighted by atomic mass is 10.1. The number of hydrogen-bond acceptors (Lipinski definition) is 4. The van der Waals surface area contributed by atoms with Gasteiger partial charge in [0, 0.05) is 6.07 Å². The molecule has 23 heavy (non-hydrogen) atoms. The second-order valence-corrected chi connectivity index (χ2v) is 11.6. The molecule has 5 nitrogen and oxygen atoms in total. The molecule has 9 heteroatoms. The maximum absolute atomic E-state index is 12.9. The molecule has 0 aliphatic heterocycles. The zero-order valence-electron chi connectivity index (χ0n) is 13.6. The van der Waals surface area contributed by atoms with E-state index in [1.165, 1.54) is 0 Å². The van der Waals surface area contributed by atoms with Crippen LogP contribution >= 0.6 is 0 Å². The molecule has 0 atom stereocenters. The zero-order chi connectivity index (χ0) is 18.2. The van der Waals surface area contributed by atoms with Gasteiger partial charge in [-0.15, -0.1) is 0 Å². The molecular weight excluding hydrogens is 331 g/mol. The van der Waals surface area contributed by atoms with Gasteiger partial charge in [-0.25, -0.2) is 0 Å². The molecule has 0 amide bonds. The SMILES string of the molecule is CC(C)(C)[Si](C)(C)OCc1cc([N+](=O)[O-])c(O)c(C(F)(F)F)c1. The minimum atomic E-state index is -4.89. The molecule has 0 aromatic heterocycles. The van der Waals surface area contributed by atoms with Gasteiger partial charge in [-0.2, -0.15) is 13.2 Å². The Morgan fingerprint density at radius 3 is 2.17 bits per heavy atom. The molecule has 0 unspecified atom stereocenters. The third-order valence-electron chi connectivity index (χ3n) is 4.06. The van der Waals surface area contributed by atoms with Gasteiger partial charge in [0.25, 0.3) is 0 Å². The summed E-state index contributed by atoms with van der Waals surface area (Å²) in [7, 11) is -2.22. The Bertz CT molecular complexity index is 609. The van der Waals surface area contributed by atoms with Crippen LogP contribution in [0.3, 0.4) is 0 Å². The van der Waals surface area contributed by atoms with Crippen LogP contribution in [-0.2, 0) is 17.2 Å². The summed E-state index contributed by atoms with van der Waals surface area (Å²) in [6.45, 7) is 9.58. The highest BCUT2D eigenvalue weighted by atomic mass is 28.4. The Hall–Kier alpha value is -1.61. The molecule has 0 bridgehead atoms. The van der Waals surface area contributed by atoms with Gasteiger partial charge in [-0.05, 0) is 29.8 Å². The largest absolute Gasteiger partial charge is 0.502 e. The summed E-state index contributed by atoms with van der Waals surface area (Å²) in [6, 6.07) is 1.60. The van der Waals surface area contributed by atoms with Crippen LogP contribution in [0.5, 0.6) is 5.75 Å². The summed E-state index contributed by atoms with van der Waals surface area (Å²) in [5.74, 6) is -1.38. The summed E-state index contributed by atoms with van der Waals surface area (Å²) in [4.78, 5) is 9.82. The molecule has 0 heterocycles. The topological polar surface area (TPSA) is 72.6 Å².